The van der Waals surface area contributed by atoms with Crippen LogP contribution in [0.4, 0.5) is 5.69 Å². The highest BCUT2D eigenvalue weighted by Crippen LogP contribution is 2.15. The lowest BCUT2D eigenvalue weighted by molar-refractivity contribution is 0.101. The number of hydrogen-bond acceptors (Lipinski definition) is 2. The van der Waals surface area contributed by atoms with Crippen molar-refractivity contribution in [3.05, 3.63) is 65.2 Å². The maximum atomic E-state index is 12.1. The maximum absolute atomic E-state index is 12.1. The summed E-state index contributed by atoms with van der Waals surface area (Å²) in [5.74, 6) is 0.603. The number of benzene rings is 2. The van der Waals surface area contributed by atoms with Crippen molar-refractivity contribution in [3.8, 4) is 0 Å². The molecule has 2 rings (SSSR count). The van der Waals surface area contributed by atoms with Gasteiger partial charge in [-0.1, -0.05) is 55.8 Å². The number of rotatable bonds is 5. The summed E-state index contributed by atoms with van der Waals surface area (Å²) >= 11 is 0. The zero-order chi connectivity index (χ0) is 14.5. The Balaban J connectivity index is 1.96. The van der Waals surface area contributed by atoms with E-state index in [-0.39, 0.29) is 5.78 Å². The number of carbonyl (C=O) groups excluding carboxylic acids is 1. The number of Topliss-reactive ketones (excluding diaryl/α,β-unsaturated/α-hetero) is 1. The van der Waals surface area contributed by atoms with Crippen molar-refractivity contribution in [3.63, 3.8) is 0 Å². The van der Waals surface area contributed by atoms with E-state index in [9.17, 15) is 4.79 Å². The second-order valence-electron chi connectivity index (χ2n) is 5.42. The quantitative estimate of drug-likeness (QED) is 0.813. The van der Waals surface area contributed by atoms with Crippen molar-refractivity contribution in [1.29, 1.82) is 0 Å². The van der Waals surface area contributed by atoms with E-state index in [0.29, 0.717) is 12.5 Å². The predicted octanol–water partition coefficient (Wildman–Crippen LogP) is 4.41. The number of nitrogens with one attached hydrogen (secondary N) is 1. The van der Waals surface area contributed by atoms with Gasteiger partial charge in [0, 0.05) is 11.3 Å². The van der Waals surface area contributed by atoms with Crippen molar-refractivity contribution in [2.45, 2.75) is 26.7 Å². The Morgan fingerprint density at radius 2 is 1.60 bits per heavy atom. The Bertz CT molecular complexity index is 567. The number of ketones is 1. The third kappa shape index (κ3) is 3.70. The van der Waals surface area contributed by atoms with Crippen LogP contribution in [-0.2, 0) is 0 Å². The van der Waals surface area contributed by atoms with Crippen LogP contribution < -0.4 is 5.32 Å². The van der Waals surface area contributed by atoms with Gasteiger partial charge in [0.05, 0.1) is 6.54 Å². The van der Waals surface area contributed by atoms with E-state index < -0.39 is 0 Å². The average Bonchev–Trinajstić information content (AvgIpc) is 2.46. The smallest absolute Gasteiger partial charge is 0.181 e. The highest BCUT2D eigenvalue weighted by Gasteiger charge is 2.06. The summed E-state index contributed by atoms with van der Waals surface area (Å²) in [5, 5.41) is 3.16. The van der Waals surface area contributed by atoms with E-state index in [2.05, 4.69) is 19.2 Å². The molecule has 2 nitrogen and oxygen atoms in total. The standard InChI is InChI=1S/C18H21NO/c1-13(2)15-6-8-16(9-7-15)18(20)12-19-17-10-4-14(3)5-11-17/h4-11,13,19H,12H2,1-3H3. The van der Waals surface area contributed by atoms with Crippen LogP contribution in [0.25, 0.3) is 0 Å². The van der Waals surface area contributed by atoms with Gasteiger partial charge in [-0.2, -0.15) is 0 Å². The van der Waals surface area contributed by atoms with E-state index in [4.69, 9.17) is 0 Å². The summed E-state index contributed by atoms with van der Waals surface area (Å²) in [5.41, 5.74) is 4.20. The van der Waals surface area contributed by atoms with Crippen molar-refractivity contribution in [2.24, 2.45) is 0 Å². The van der Waals surface area contributed by atoms with E-state index in [1.165, 1.54) is 11.1 Å². The molecule has 0 bridgehead atoms. The maximum Gasteiger partial charge on any atom is 0.181 e. The molecule has 0 aliphatic carbocycles. The Hall–Kier alpha value is -2.09. The van der Waals surface area contributed by atoms with Gasteiger partial charge in [-0.15, -0.1) is 0 Å². The molecule has 0 fully saturated rings. The Labute approximate surface area is 120 Å². The van der Waals surface area contributed by atoms with Crippen LogP contribution in [0.2, 0.25) is 0 Å². The fourth-order valence-electron chi connectivity index (χ4n) is 2.01. The topological polar surface area (TPSA) is 29.1 Å². The predicted molar refractivity (Wildman–Crippen MR) is 84.5 cm³/mol. The number of hydrogen-bond donors (Lipinski definition) is 1. The van der Waals surface area contributed by atoms with Gasteiger partial charge in [-0.25, -0.2) is 0 Å². The Kier molecular flexibility index (Phi) is 4.57. The second kappa shape index (κ2) is 6.38. The molecule has 2 aromatic rings. The number of anilines is 1. The third-order valence-corrected chi connectivity index (χ3v) is 3.40. The van der Waals surface area contributed by atoms with Crippen LogP contribution in [0.5, 0.6) is 0 Å². The fourth-order valence-corrected chi connectivity index (χ4v) is 2.01. The van der Waals surface area contributed by atoms with E-state index in [0.717, 1.165) is 11.3 Å². The van der Waals surface area contributed by atoms with Crippen LogP contribution in [0.3, 0.4) is 0 Å². The van der Waals surface area contributed by atoms with Crippen LogP contribution in [-0.4, -0.2) is 12.3 Å². The van der Waals surface area contributed by atoms with E-state index >= 15 is 0 Å². The van der Waals surface area contributed by atoms with Crippen LogP contribution >= 0.6 is 0 Å². The molecule has 2 heteroatoms. The van der Waals surface area contributed by atoms with E-state index in [1.807, 2.05) is 55.5 Å². The molecular formula is C18H21NO. The molecule has 104 valence electrons. The van der Waals surface area contributed by atoms with Gasteiger partial charge in [0.1, 0.15) is 0 Å². The normalized spacial score (nSPS) is 10.6. The van der Waals surface area contributed by atoms with Crippen LogP contribution in [0, 0.1) is 6.92 Å². The van der Waals surface area contributed by atoms with Gasteiger partial charge in [0.2, 0.25) is 0 Å². The average molecular weight is 267 g/mol. The Morgan fingerprint density at radius 3 is 2.15 bits per heavy atom. The molecule has 20 heavy (non-hydrogen) atoms. The second-order valence-corrected chi connectivity index (χ2v) is 5.42. The molecular weight excluding hydrogens is 246 g/mol. The molecule has 0 heterocycles. The summed E-state index contributed by atoms with van der Waals surface area (Å²) in [6.07, 6.45) is 0. The minimum absolute atomic E-state index is 0.112. The zero-order valence-corrected chi connectivity index (χ0v) is 12.3. The first-order chi connectivity index (χ1) is 9.56. The lowest BCUT2D eigenvalue weighted by Crippen LogP contribution is -2.14. The molecule has 0 aromatic heterocycles. The molecule has 2 aromatic carbocycles. The lowest BCUT2D eigenvalue weighted by Gasteiger charge is -2.08. The monoisotopic (exact) mass is 267 g/mol. The third-order valence-electron chi connectivity index (χ3n) is 3.40. The molecule has 0 unspecified atom stereocenters. The minimum atomic E-state index is 0.112. The molecule has 0 atom stereocenters. The van der Waals surface area contributed by atoms with Gasteiger partial charge in [-0.05, 0) is 30.5 Å². The summed E-state index contributed by atoms with van der Waals surface area (Å²) in [6, 6.07) is 15.9. The first-order valence-corrected chi connectivity index (χ1v) is 7.00. The highest BCUT2D eigenvalue weighted by molar-refractivity contribution is 5.99. The molecule has 0 saturated carbocycles. The SMILES string of the molecule is Cc1ccc(NCC(=O)c2ccc(C(C)C)cc2)cc1. The molecule has 0 aliphatic rings. The molecule has 1 N–H and O–H groups in total. The molecule has 0 radical (unpaired) electrons. The highest BCUT2D eigenvalue weighted by atomic mass is 16.1. The summed E-state index contributed by atoms with van der Waals surface area (Å²) in [6.45, 7) is 6.67. The lowest BCUT2D eigenvalue weighted by atomic mass is 10.0. The molecule has 0 saturated heterocycles. The van der Waals surface area contributed by atoms with Crippen molar-refractivity contribution >= 4 is 11.5 Å². The van der Waals surface area contributed by atoms with Crippen LogP contribution in [0.1, 0.15) is 41.3 Å². The number of carbonyl (C=O) groups is 1. The first kappa shape index (κ1) is 14.3. The first-order valence-electron chi connectivity index (χ1n) is 7.00. The summed E-state index contributed by atoms with van der Waals surface area (Å²) in [7, 11) is 0. The van der Waals surface area contributed by atoms with E-state index in [1.54, 1.807) is 0 Å². The summed E-state index contributed by atoms with van der Waals surface area (Å²) in [4.78, 5) is 12.1. The van der Waals surface area contributed by atoms with Gasteiger partial charge >= 0.3 is 0 Å². The largest absolute Gasteiger partial charge is 0.378 e. The summed E-state index contributed by atoms with van der Waals surface area (Å²) < 4.78 is 0. The van der Waals surface area contributed by atoms with Gasteiger partial charge in [0.15, 0.2) is 5.78 Å². The fraction of sp³-hybridized carbons (Fsp3) is 0.278. The van der Waals surface area contributed by atoms with Gasteiger partial charge < -0.3 is 5.32 Å². The molecule has 0 amide bonds. The van der Waals surface area contributed by atoms with Gasteiger partial charge in [0.25, 0.3) is 0 Å². The Morgan fingerprint density at radius 1 is 1.00 bits per heavy atom. The van der Waals surface area contributed by atoms with Crippen molar-refractivity contribution < 1.29 is 4.79 Å². The minimum Gasteiger partial charge on any atom is -0.378 e. The van der Waals surface area contributed by atoms with Crippen LogP contribution in [0.15, 0.2) is 48.5 Å². The van der Waals surface area contributed by atoms with Crippen molar-refractivity contribution in [1.82, 2.24) is 0 Å². The zero-order valence-electron chi connectivity index (χ0n) is 12.3. The van der Waals surface area contributed by atoms with Gasteiger partial charge in [-0.3, -0.25) is 4.79 Å². The number of aryl methyl sites for hydroxylation is 1. The molecule has 0 spiro atoms. The van der Waals surface area contributed by atoms with Crippen molar-refractivity contribution in [2.75, 3.05) is 11.9 Å². The molecule has 0 aliphatic heterocycles.